The molecule has 130 valence electrons. The Bertz CT molecular complexity index is 740. The van der Waals surface area contributed by atoms with Crippen molar-refractivity contribution in [3.63, 3.8) is 0 Å². The number of halogens is 1. The summed E-state index contributed by atoms with van der Waals surface area (Å²) in [5.41, 5.74) is 3.31. The highest BCUT2D eigenvalue weighted by molar-refractivity contribution is 5.76. The highest BCUT2D eigenvalue weighted by atomic mass is 19.1. The van der Waals surface area contributed by atoms with Gasteiger partial charge in [-0.25, -0.2) is 4.39 Å². The van der Waals surface area contributed by atoms with Gasteiger partial charge >= 0.3 is 5.97 Å². The molecule has 0 radical (unpaired) electrons. The third-order valence-electron chi connectivity index (χ3n) is 4.56. The second kappa shape index (κ2) is 8.08. The molecule has 1 aliphatic heterocycles. The van der Waals surface area contributed by atoms with E-state index in [1.165, 1.54) is 24.8 Å². The second-order valence-corrected chi connectivity index (χ2v) is 6.32. The largest absolute Gasteiger partial charge is 0.469 e. The van der Waals surface area contributed by atoms with Crippen LogP contribution < -0.4 is 0 Å². The van der Waals surface area contributed by atoms with Crippen LogP contribution in [0.15, 0.2) is 60.7 Å². The summed E-state index contributed by atoms with van der Waals surface area (Å²) in [6.45, 7) is 2.41. The maximum Gasteiger partial charge on any atom is 0.306 e. The number of hydrogen-bond acceptors (Lipinski definition) is 3. The number of methoxy groups -OCH3 is 1. The van der Waals surface area contributed by atoms with Gasteiger partial charge in [0.05, 0.1) is 13.5 Å². The molecule has 0 saturated carbocycles. The van der Waals surface area contributed by atoms with Crippen LogP contribution in [0.1, 0.15) is 17.5 Å². The van der Waals surface area contributed by atoms with E-state index in [1.807, 2.05) is 18.2 Å². The molecule has 0 N–H and O–H groups in total. The van der Waals surface area contributed by atoms with Gasteiger partial charge in [0, 0.05) is 25.6 Å². The third kappa shape index (κ3) is 4.54. The molecule has 3 nitrogen and oxygen atoms in total. The number of ether oxygens (including phenoxy) is 1. The van der Waals surface area contributed by atoms with E-state index < -0.39 is 0 Å². The van der Waals surface area contributed by atoms with Crippen molar-refractivity contribution in [2.45, 2.75) is 13.0 Å². The van der Waals surface area contributed by atoms with E-state index in [0.29, 0.717) is 6.42 Å². The van der Waals surface area contributed by atoms with Crippen LogP contribution in [-0.2, 0) is 16.1 Å². The zero-order valence-electron chi connectivity index (χ0n) is 14.3. The average Bonchev–Trinajstić information content (AvgIpc) is 2.64. The minimum atomic E-state index is -0.254. The molecule has 25 heavy (non-hydrogen) atoms. The summed E-state index contributed by atoms with van der Waals surface area (Å²) >= 11 is 0. The van der Waals surface area contributed by atoms with Crippen LogP contribution >= 0.6 is 0 Å². The normalized spacial score (nSPS) is 17.8. The molecular weight excluding hydrogens is 317 g/mol. The summed E-state index contributed by atoms with van der Waals surface area (Å²) in [5, 5.41) is 0. The lowest BCUT2D eigenvalue weighted by atomic mass is 9.86. The molecule has 0 spiro atoms. The Hall–Kier alpha value is -2.46. The van der Waals surface area contributed by atoms with Crippen molar-refractivity contribution in [3.05, 3.63) is 77.6 Å². The summed E-state index contributed by atoms with van der Waals surface area (Å²) < 4.78 is 18.1. The fourth-order valence-electron chi connectivity index (χ4n) is 3.30. The molecule has 0 aromatic heterocycles. The Labute approximate surface area is 147 Å². The number of benzene rings is 2. The first kappa shape index (κ1) is 17.4. The number of carbonyl (C=O) groups is 1. The Morgan fingerprint density at radius 1 is 1.16 bits per heavy atom. The van der Waals surface area contributed by atoms with Gasteiger partial charge in [0.15, 0.2) is 0 Å². The van der Waals surface area contributed by atoms with Crippen molar-refractivity contribution in [2.24, 2.45) is 5.92 Å². The number of hydrogen-bond donors (Lipinski definition) is 0. The number of carbonyl (C=O) groups excluding carboxylic acids is 1. The van der Waals surface area contributed by atoms with Gasteiger partial charge < -0.3 is 4.74 Å². The van der Waals surface area contributed by atoms with Crippen molar-refractivity contribution in [1.29, 1.82) is 0 Å². The van der Waals surface area contributed by atoms with Crippen LogP contribution in [0.5, 0.6) is 0 Å². The zero-order chi connectivity index (χ0) is 17.6. The molecule has 1 unspecified atom stereocenters. The number of nitrogens with zero attached hydrogens (tertiary/aromatic N) is 1. The van der Waals surface area contributed by atoms with Gasteiger partial charge in [-0.2, -0.15) is 0 Å². The number of rotatable bonds is 5. The molecular formula is C21H22FNO2. The molecule has 2 aromatic rings. The van der Waals surface area contributed by atoms with Crippen LogP contribution in [0.2, 0.25) is 0 Å². The summed E-state index contributed by atoms with van der Waals surface area (Å²) in [6, 6.07) is 16.8. The molecule has 3 rings (SSSR count). The van der Waals surface area contributed by atoms with E-state index in [4.69, 9.17) is 4.74 Å². The van der Waals surface area contributed by atoms with E-state index >= 15 is 0 Å². The minimum Gasteiger partial charge on any atom is -0.469 e. The molecule has 2 aromatic carbocycles. The molecule has 0 bridgehead atoms. The van der Waals surface area contributed by atoms with Crippen molar-refractivity contribution < 1.29 is 13.9 Å². The molecule has 1 heterocycles. The Kier molecular flexibility index (Phi) is 5.61. The first-order chi connectivity index (χ1) is 12.2. The Morgan fingerprint density at radius 2 is 1.88 bits per heavy atom. The van der Waals surface area contributed by atoms with Gasteiger partial charge in [-0.15, -0.1) is 0 Å². The second-order valence-electron chi connectivity index (χ2n) is 6.32. The van der Waals surface area contributed by atoms with Crippen LogP contribution in [0.4, 0.5) is 4.39 Å². The van der Waals surface area contributed by atoms with E-state index in [1.54, 1.807) is 12.1 Å². The topological polar surface area (TPSA) is 29.5 Å². The summed E-state index contributed by atoms with van der Waals surface area (Å²) in [6.07, 6.45) is 2.47. The van der Waals surface area contributed by atoms with Crippen molar-refractivity contribution in [2.75, 3.05) is 20.2 Å². The maximum atomic E-state index is 13.2. The summed E-state index contributed by atoms with van der Waals surface area (Å²) in [4.78, 5) is 14.2. The fourth-order valence-corrected chi connectivity index (χ4v) is 3.30. The van der Waals surface area contributed by atoms with Gasteiger partial charge in [0.1, 0.15) is 5.82 Å². The van der Waals surface area contributed by atoms with Crippen LogP contribution in [0.25, 0.3) is 5.57 Å². The highest BCUT2D eigenvalue weighted by Crippen LogP contribution is 2.31. The fraction of sp³-hybridized carbons (Fsp3) is 0.286. The lowest BCUT2D eigenvalue weighted by Gasteiger charge is -2.33. The molecule has 0 amide bonds. The van der Waals surface area contributed by atoms with Crippen molar-refractivity contribution >= 4 is 11.5 Å². The predicted octanol–water partition coefficient (Wildman–Crippen LogP) is 3.90. The van der Waals surface area contributed by atoms with Gasteiger partial charge in [-0.3, -0.25) is 9.69 Å². The summed E-state index contributed by atoms with van der Waals surface area (Å²) in [7, 11) is 1.41. The maximum absolute atomic E-state index is 13.2. The van der Waals surface area contributed by atoms with Gasteiger partial charge in [0.25, 0.3) is 0 Å². The standard InChI is InChI=1S/C21H22FNO2/c1-25-21(24)13-18-15-23(14-16-5-3-2-4-6-16)12-11-20(18)17-7-9-19(22)10-8-17/h2-11,18H,12-15H2,1H3. The monoisotopic (exact) mass is 339 g/mol. The van der Waals surface area contributed by atoms with Crippen LogP contribution in [-0.4, -0.2) is 31.1 Å². The molecule has 1 aliphatic rings. The minimum absolute atomic E-state index is 0.0374. The lowest BCUT2D eigenvalue weighted by Crippen LogP contribution is -2.35. The smallest absolute Gasteiger partial charge is 0.306 e. The van der Waals surface area contributed by atoms with Gasteiger partial charge in [-0.05, 0) is 28.8 Å². The summed E-state index contributed by atoms with van der Waals surface area (Å²) in [5.74, 6) is -0.440. The molecule has 1 atom stereocenters. The first-order valence-electron chi connectivity index (χ1n) is 8.45. The Morgan fingerprint density at radius 3 is 2.56 bits per heavy atom. The molecule has 0 fully saturated rings. The Balaban J connectivity index is 1.80. The van der Waals surface area contributed by atoms with Crippen molar-refractivity contribution in [3.8, 4) is 0 Å². The first-order valence-corrected chi connectivity index (χ1v) is 8.45. The van der Waals surface area contributed by atoms with Crippen LogP contribution in [0.3, 0.4) is 0 Å². The van der Waals surface area contributed by atoms with E-state index in [0.717, 1.165) is 30.8 Å². The molecule has 0 aliphatic carbocycles. The van der Waals surface area contributed by atoms with Gasteiger partial charge in [0.2, 0.25) is 0 Å². The zero-order valence-corrected chi connectivity index (χ0v) is 14.3. The highest BCUT2D eigenvalue weighted by Gasteiger charge is 2.26. The molecule has 0 saturated heterocycles. The predicted molar refractivity (Wildman–Crippen MR) is 96.2 cm³/mol. The van der Waals surface area contributed by atoms with Gasteiger partial charge in [-0.1, -0.05) is 48.5 Å². The van der Waals surface area contributed by atoms with E-state index in [2.05, 4.69) is 23.1 Å². The van der Waals surface area contributed by atoms with E-state index in [9.17, 15) is 9.18 Å². The van der Waals surface area contributed by atoms with Crippen molar-refractivity contribution in [1.82, 2.24) is 4.90 Å². The SMILES string of the molecule is COC(=O)CC1CN(Cc2ccccc2)CC=C1c1ccc(F)cc1. The van der Waals surface area contributed by atoms with E-state index in [-0.39, 0.29) is 17.7 Å². The quantitative estimate of drug-likeness (QED) is 0.774. The average molecular weight is 339 g/mol. The molecule has 4 heteroatoms. The third-order valence-corrected chi connectivity index (χ3v) is 4.56. The lowest BCUT2D eigenvalue weighted by molar-refractivity contribution is -0.141. The van der Waals surface area contributed by atoms with Crippen LogP contribution in [0, 0.1) is 11.7 Å². The number of esters is 1.